The Labute approximate surface area is 251 Å². The van der Waals surface area contributed by atoms with Crippen LogP contribution in [0.4, 0.5) is 10.1 Å². The normalized spacial score (nSPS) is 16.8. The molecule has 1 aliphatic heterocycles. The fourth-order valence-electron chi connectivity index (χ4n) is 6.12. The van der Waals surface area contributed by atoms with E-state index in [1.807, 2.05) is 41.3 Å². The molecule has 2 aromatic heterocycles. The number of carbonyl (C=O) groups excluding carboxylic acids is 2. The van der Waals surface area contributed by atoms with Crippen molar-refractivity contribution in [2.45, 2.75) is 63.8 Å². The molecule has 2 amide bonds. The Balaban J connectivity index is 1.17. The van der Waals surface area contributed by atoms with Crippen molar-refractivity contribution in [1.82, 2.24) is 19.7 Å². The first-order valence-electron chi connectivity index (χ1n) is 14.9. The van der Waals surface area contributed by atoms with Crippen LogP contribution in [-0.2, 0) is 29.4 Å². The molecule has 3 atom stereocenters. The number of amides is 2. The SMILES string of the molecule is COC(F)CCc1cccc2c(C)c(C3CCCN(C(=O)CC(N)Cc4ccc(NC(=O)c5ccnn5C)cc4)C3)[nH]c12. The minimum Gasteiger partial charge on any atom is -0.358 e. The number of nitrogens with zero attached hydrogens (tertiary/aromatic N) is 3. The van der Waals surface area contributed by atoms with E-state index < -0.39 is 6.36 Å². The van der Waals surface area contributed by atoms with E-state index in [1.165, 1.54) is 17.4 Å². The second-order valence-electron chi connectivity index (χ2n) is 11.5. The number of piperidine rings is 1. The Morgan fingerprint density at radius 1 is 1.21 bits per heavy atom. The fourth-order valence-corrected chi connectivity index (χ4v) is 6.12. The number of nitrogens with one attached hydrogen (secondary N) is 2. The van der Waals surface area contributed by atoms with Crippen LogP contribution in [0, 0.1) is 6.92 Å². The van der Waals surface area contributed by atoms with Gasteiger partial charge in [0.15, 0.2) is 6.36 Å². The van der Waals surface area contributed by atoms with E-state index in [1.54, 1.807) is 19.3 Å². The van der Waals surface area contributed by atoms with Crippen LogP contribution in [0.15, 0.2) is 54.7 Å². The van der Waals surface area contributed by atoms with Crippen LogP contribution < -0.4 is 11.1 Å². The van der Waals surface area contributed by atoms with Gasteiger partial charge in [0.05, 0.1) is 0 Å². The lowest BCUT2D eigenvalue weighted by atomic mass is 9.91. The molecule has 4 N–H and O–H groups in total. The highest BCUT2D eigenvalue weighted by Gasteiger charge is 2.28. The third-order valence-corrected chi connectivity index (χ3v) is 8.50. The predicted molar refractivity (Wildman–Crippen MR) is 166 cm³/mol. The Morgan fingerprint density at radius 3 is 2.72 bits per heavy atom. The zero-order valence-electron chi connectivity index (χ0n) is 25.1. The average Bonchev–Trinajstić information content (AvgIpc) is 3.60. The number of aromatic nitrogens is 3. The molecule has 1 fully saturated rings. The van der Waals surface area contributed by atoms with Gasteiger partial charge in [0, 0.05) is 80.5 Å². The number of nitrogens with two attached hydrogens (primary N) is 1. The van der Waals surface area contributed by atoms with Gasteiger partial charge in [-0.05, 0) is 67.5 Å². The number of anilines is 1. The van der Waals surface area contributed by atoms with Gasteiger partial charge in [0.2, 0.25) is 5.91 Å². The van der Waals surface area contributed by atoms with Crippen LogP contribution in [0.3, 0.4) is 0 Å². The summed E-state index contributed by atoms with van der Waals surface area (Å²) in [6.07, 6.45) is 3.95. The highest BCUT2D eigenvalue weighted by atomic mass is 19.1. The first kappa shape index (κ1) is 30.4. The van der Waals surface area contributed by atoms with Crippen molar-refractivity contribution < 1.29 is 18.7 Å². The van der Waals surface area contributed by atoms with E-state index in [9.17, 15) is 14.0 Å². The second-order valence-corrected chi connectivity index (χ2v) is 11.5. The Morgan fingerprint density at radius 2 is 2.00 bits per heavy atom. The van der Waals surface area contributed by atoms with Crippen molar-refractivity contribution in [3.05, 3.63) is 82.8 Å². The van der Waals surface area contributed by atoms with Crippen molar-refractivity contribution in [2.24, 2.45) is 12.8 Å². The number of para-hydroxylation sites is 1. The van der Waals surface area contributed by atoms with E-state index in [0.717, 1.165) is 47.1 Å². The van der Waals surface area contributed by atoms with Gasteiger partial charge in [0.1, 0.15) is 5.69 Å². The van der Waals surface area contributed by atoms with Crippen molar-refractivity contribution in [3.8, 4) is 0 Å². The smallest absolute Gasteiger partial charge is 0.273 e. The minimum atomic E-state index is -1.28. The van der Waals surface area contributed by atoms with E-state index in [2.05, 4.69) is 28.4 Å². The van der Waals surface area contributed by atoms with Crippen LogP contribution in [0.1, 0.15) is 64.5 Å². The molecule has 5 rings (SSSR count). The third-order valence-electron chi connectivity index (χ3n) is 8.50. The minimum absolute atomic E-state index is 0.0697. The lowest BCUT2D eigenvalue weighted by molar-refractivity contribution is -0.132. The number of H-pyrrole nitrogens is 1. The molecule has 2 aromatic carbocycles. The molecule has 0 spiro atoms. The molecule has 228 valence electrons. The van der Waals surface area contributed by atoms with Crippen molar-refractivity contribution in [3.63, 3.8) is 0 Å². The van der Waals surface area contributed by atoms with Crippen LogP contribution in [0.2, 0.25) is 0 Å². The number of rotatable bonds is 11. The molecule has 10 heteroatoms. The van der Waals surface area contributed by atoms with Crippen molar-refractivity contribution >= 4 is 28.4 Å². The number of likely N-dealkylation sites (tertiary alicyclic amines) is 1. The number of methoxy groups -OCH3 is 1. The Kier molecular flexibility index (Phi) is 9.57. The topological polar surface area (TPSA) is 118 Å². The number of halogens is 1. The van der Waals surface area contributed by atoms with Crippen LogP contribution >= 0.6 is 0 Å². The number of benzene rings is 2. The maximum Gasteiger partial charge on any atom is 0.273 e. The third kappa shape index (κ3) is 7.14. The average molecular weight is 589 g/mol. The summed E-state index contributed by atoms with van der Waals surface area (Å²) >= 11 is 0. The lowest BCUT2D eigenvalue weighted by Crippen LogP contribution is -2.42. The number of hydrogen-bond donors (Lipinski definition) is 3. The summed E-state index contributed by atoms with van der Waals surface area (Å²) in [4.78, 5) is 31.3. The number of carbonyl (C=O) groups is 2. The van der Waals surface area contributed by atoms with Gasteiger partial charge in [-0.15, -0.1) is 0 Å². The molecular weight excluding hydrogens is 547 g/mol. The summed E-state index contributed by atoms with van der Waals surface area (Å²) in [5.41, 5.74) is 13.1. The first-order chi connectivity index (χ1) is 20.7. The molecule has 3 unspecified atom stereocenters. The summed E-state index contributed by atoms with van der Waals surface area (Å²) in [6.45, 7) is 3.50. The lowest BCUT2D eigenvalue weighted by Gasteiger charge is -2.33. The summed E-state index contributed by atoms with van der Waals surface area (Å²) in [5, 5.41) is 8.05. The monoisotopic (exact) mass is 588 g/mol. The number of aromatic amines is 1. The summed E-state index contributed by atoms with van der Waals surface area (Å²) in [7, 11) is 3.11. The highest BCUT2D eigenvalue weighted by Crippen LogP contribution is 2.34. The maximum atomic E-state index is 13.7. The highest BCUT2D eigenvalue weighted by molar-refractivity contribution is 6.03. The van der Waals surface area contributed by atoms with E-state index in [0.29, 0.717) is 37.2 Å². The number of aryl methyl sites for hydroxylation is 3. The summed E-state index contributed by atoms with van der Waals surface area (Å²) < 4.78 is 20.1. The van der Waals surface area contributed by atoms with Gasteiger partial charge in [-0.1, -0.05) is 30.3 Å². The molecule has 1 saturated heterocycles. The Bertz CT molecular complexity index is 1560. The molecule has 4 aromatic rings. The van der Waals surface area contributed by atoms with Gasteiger partial charge >= 0.3 is 0 Å². The van der Waals surface area contributed by atoms with E-state index in [-0.39, 0.29) is 30.2 Å². The molecule has 9 nitrogen and oxygen atoms in total. The molecule has 1 aliphatic rings. The number of fused-ring (bicyclic) bond motifs is 1. The summed E-state index contributed by atoms with van der Waals surface area (Å²) in [6, 6.07) is 15.0. The molecule has 0 aliphatic carbocycles. The van der Waals surface area contributed by atoms with Gasteiger partial charge in [-0.3, -0.25) is 14.3 Å². The molecular formula is C33H41FN6O3. The molecule has 0 radical (unpaired) electrons. The van der Waals surface area contributed by atoms with Gasteiger partial charge in [-0.25, -0.2) is 4.39 Å². The number of hydrogen-bond acceptors (Lipinski definition) is 5. The zero-order chi connectivity index (χ0) is 30.5. The zero-order valence-corrected chi connectivity index (χ0v) is 25.1. The van der Waals surface area contributed by atoms with Gasteiger partial charge in [-0.2, -0.15) is 5.10 Å². The number of alkyl halides is 1. The van der Waals surface area contributed by atoms with E-state index in [4.69, 9.17) is 10.5 Å². The second kappa shape index (κ2) is 13.5. The van der Waals surface area contributed by atoms with Crippen LogP contribution in [0.25, 0.3) is 10.9 Å². The first-order valence-corrected chi connectivity index (χ1v) is 14.9. The molecule has 0 bridgehead atoms. The van der Waals surface area contributed by atoms with Crippen molar-refractivity contribution in [1.29, 1.82) is 0 Å². The summed E-state index contributed by atoms with van der Waals surface area (Å²) in [5.74, 6) is 0.0476. The van der Waals surface area contributed by atoms with Crippen molar-refractivity contribution in [2.75, 3.05) is 25.5 Å². The molecule has 3 heterocycles. The van der Waals surface area contributed by atoms with Gasteiger partial charge < -0.3 is 25.7 Å². The number of ether oxygens (including phenoxy) is 1. The largest absolute Gasteiger partial charge is 0.358 e. The molecule has 43 heavy (non-hydrogen) atoms. The fraction of sp³-hybridized carbons (Fsp3) is 0.424. The quantitative estimate of drug-likeness (QED) is 0.228. The molecule has 0 saturated carbocycles. The predicted octanol–water partition coefficient (Wildman–Crippen LogP) is 5.00. The Hall–Kier alpha value is -4.02. The van der Waals surface area contributed by atoms with Crippen LogP contribution in [-0.4, -0.2) is 64.1 Å². The van der Waals surface area contributed by atoms with E-state index >= 15 is 0 Å². The standard InChI is InChI=1S/C33H41FN6O3/c1-21-27-8-4-6-23(11-14-29(34)43-3)32(27)38-31(21)24-7-5-17-40(20-24)30(41)19-25(35)18-22-9-12-26(13-10-22)37-33(42)28-15-16-36-39(28)2/h4,6,8-10,12-13,15-16,24-25,29,38H,5,7,11,14,17-20,35H2,1-3H3,(H,37,42). The van der Waals surface area contributed by atoms with Crippen LogP contribution in [0.5, 0.6) is 0 Å². The van der Waals surface area contributed by atoms with Gasteiger partial charge in [0.25, 0.3) is 5.91 Å². The maximum absolute atomic E-state index is 13.7.